The number of carbonyl (C=O) groups excluding carboxylic acids is 1. The van der Waals surface area contributed by atoms with Crippen LogP contribution in [0.5, 0.6) is 5.75 Å². The first-order valence-corrected chi connectivity index (χ1v) is 8.53. The maximum Gasteiger partial charge on any atom is 0.265 e. The molecule has 23 heavy (non-hydrogen) atoms. The SMILES string of the molecule is COc1ccc(-c2ncc(C(=O)N3CCCC(CO)C3)s2)cc1. The predicted molar refractivity (Wildman–Crippen MR) is 89.8 cm³/mol. The molecule has 1 saturated heterocycles. The summed E-state index contributed by atoms with van der Waals surface area (Å²) < 4.78 is 5.15. The highest BCUT2D eigenvalue weighted by Gasteiger charge is 2.25. The molecular weight excluding hydrogens is 312 g/mol. The number of carbonyl (C=O) groups is 1. The van der Waals surface area contributed by atoms with Crippen LogP contribution in [0.1, 0.15) is 22.5 Å². The molecule has 1 amide bonds. The molecule has 1 aromatic heterocycles. The van der Waals surface area contributed by atoms with Gasteiger partial charge in [0.05, 0.1) is 13.3 Å². The van der Waals surface area contributed by atoms with Crippen LogP contribution < -0.4 is 4.74 Å². The molecule has 1 aliphatic rings. The van der Waals surface area contributed by atoms with Gasteiger partial charge in [-0.3, -0.25) is 4.79 Å². The Morgan fingerprint density at radius 1 is 1.43 bits per heavy atom. The van der Waals surface area contributed by atoms with Gasteiger partial charge in [-0.25, -0.2) is 4.98 Å². The standard InChI is InChI=1S/C17H20N2O3S/c1-22-14-6-4-13(5-7-14)16-18-9-15(23-16)17(21)19-8-2-3-12(10-19)11-20/h4-7,9,12,20H,2-3,8,10-11H2,1H3. The van der Waals surface area contributed by atoms with E-state index in [-0.39, 0.29) is 18.4 Å². The first-order chi connectivity index (χ1) is 11.2. The fraction of sp³-hybridized carbons (Fsp3) is 0.412. The number of benzene rings is 1. The lowest BCUT2D eigenvalue weighted by molar-refractivity contribution is 0.0625. The summed E-state index contributed by atoms with van der Waals surface area (Å²) in [5, 5.41) is 10.1. The largest absolute Gasteiger partial charge is 0.497 e. The molecule has 1 unspecified atom stereocenters. The van der Waals surface area contributed by atoms with Gasteiger partial charge in [0.1, 0.15) is 15.6 Å². The number of piperidine rings is 1. The topological polar surface area (TPSA) is 62.7 Å². The van der Waals surface area contributed by atoms with E-state index in [4.69, 9.17) is 4.74 Å². The predicted octanol–water partition coefficient (Wildman–Crippen LogP) is 2.66. The van der Waals surface area contributed by atoms with Crippen LogP contribution in [0.15, 0.2) is 30.5 Å². The minimum absolute atomic E-state index is 0.0143. The maximum absolute atomic E-state index is 12.6. The fourth-order valence-corrected chi connectivity index (χ4v) is 3.68. The van der Waals surface area contributed by atoms with Crippen LogP contribution in [0, 0.1) is 5.92 Å². The highest BCUT2D eigenvalue weighted by atomic mass is 32.1. The van der Waals surface area contributed by atoms with Crippen LogP contribution in [-0.2, 0) is 0 Å². The molecule has 2 heterocycles. The van der Waals surface area contributed by atoms with Gasteiger partial charge in [0.15, 0.2) is 0 Å². The number of hydrogen-bond donors (Lipinski definition) is 1. The van der Waals surface area contributed by atoms with Gasteiger partial charge in [-0.05, 0) is 43.0 Å². The molecule has 1 fully saturated rings. The number of amides is 1. The molecule has 1 aromatic carbocycles. The molecule has 0 radical (unpaired) electrons. The van der Waals surface area contributed by atoms with Gasteiger partial charge in [-0.1, -0.05) is 0 Å². The lowest BCUT2D eigenvalue weighted by atomic mass is 9.99. The quantitative estimate of drug-likeness (QED) is 0.935. The first kappa shape index (κ1) is 16.0. The van der Waals surface area contributed by atoms with Gasteiger partial charge in [-0.2, -0.15) is 0 Å². The fourth-order valence-electron chi connectivity index (χ4n) is 2.79. The van der Waals surface area contributed by atoms with E-state index in [2.05, 4.69) is 4.98 Å². The van der Waals surface area contributed by atoms with Crippen LogP contribution in [0.25, 0.3) is 10.6 Å². The van der Waals surface area contributed by atoms with Crippen molar-refractivity contribution in [2.75, 3.05) is 26.8 Å². The van der Waals surface area contributed by atoms with Crippen LogP contribution in [0.4, 0.5) is 0 Å². The number of methoxy groups -OCH3 is 1. The highest BCUT2D eigenvalue weighted by Crippen LogP contribution is 2.28. The van der Waals surface area contributed by atoms with Gasteiger partial charge in [0, 0.05) is 25.3 Å². The molecule has 6 heteroatoms. The lowest BCUT2D eigenvalue weighted by Gasteiger charge is -2.31. The number of ether oxygens (including phenoxy) is 1. The van der Waals surface area contributed by atoms with Gasteiger partial charge in [0.25, 0.3) is 5.91 Å². The number of nitrogens with zero attached hydrogens (tertiary/aromatic N) is 2. The summed E-state index contributed by atoms with van der Waals surface area (Å²) in [7, 11) is 1.63. The van der Waals surface area contributed by atoms with E-state index in [0.29, 0.717) is 11.4 Å². The van der Waals surface area contributed by atoms with Crippen molar-refractivity contribution in [3.8, 4) is 16.3 Å². The summed E-state index contributed by atoms with van der Waals surface area (Å²) in [6.07, 6.45) is 3.58. The number of thiazole rings is 1. The highest BCUT2D eigenvalue weighted by molar-refractivity contribution is 7.16. The Kier molecular flexibility index (Phi) is 4.93. The molecule has 0 aliphatic carbocycles. The van der Waals surface area contributed by atoms with E-state index in [0.717, 1.165) is 35.7 Å². The maximum atomic E-state index is 12.6. The monoisotopic (exact) mass is 332 g/mol. The van der Waals surface area contributed by atoms with Crippen LogP contribution in [0.3, 0.4) is 0 Å². The van der Waals surface area contributed by atoms with Crippen molar-refractivity contribution < 1.29 is 14.6 Å². The van der Waals surface area contributed by atoms with Crippen LogP contribution in [-0.4, -0.2) is 47.7 Å². The van der Waals surface area contributed by atoms with E-state index in [1.165, 1.54) is 11.3 Å². The average molecular weight is 332 g/mol. The third kappa shape index (κ3) is 3.54. The third-order valence-electron chi connectivity index (χ3n) is 4.12. The van der Waals surface area contributed by atoms with Crippen molar-refractivity contribution in [2.24, 2.45) is 5.92 Å². The molecule has 1 N–H and O–H groups in total. The van der Waals surface area contributed by atoms with Crippen molar-refractivity contribution in [3.63, 3.8) is 0 Å². The van der Waals surface area contributed by atoms with E-state index in [9.17, 15) is 9.90 Å². The Labute approximate surface area is 139 Å². The molecule has 2 aromatic rings. The summed E-state index contributed by atoms with van der Waals surface area (Å²) in [5.41, 5.74) is 0.974. The normalized spacial score (nSPS) is 18.0. The molecule has 1 atom stereocenters. The zero-order valence-electron chi connectivity index (χ0n) is 13.1. The number of rotatable bonds is 4. The summed E-state index contributed by atoms with van der Waals surface area (Å²) >= 11 is 1.40. The Morgan fingerprint density at radius 2 is 2.22 bits per heavy atom. The molecule has 3 rings (SSSR count). The Bertz CT molecular complexity index is 669. The van der Waals surface area contributed by atoms with Crippen molar-refractivity contribution in [1.29, 1.82) is 0 Å². The first-order valence-electron chi connectivity index (χ1n) is 7.71. The lowest BCUT2D eigenvalue weighted by Crippen LogP contribution is -2.40. The second-order valence-electron chi connectivity index (χ2n) is 5.70. The summed E-state index contributed by atoms with van der Waals surface area (Å²) in [6.45, 7) is 1.53. The summed E-state index contributed by atoms with van der Waals surface area (Å²) in [6, 6.07) is 7.65. The number of aromatic nitrogens is 1. The molecule has 0 bridgehead atoms. The zero-order chi connectivity index (χ0) is 16.2. The third-order valence-corrected chi connectivity index (χ3v) is 5.15. The molecule has 1 aliphatic heterocycles. The molecule has 122 valence electrons. The smallest absolute Gasteiger partial charge is 0.265 e. The minimum atomic E-state index is 0.0143. The van der Waals surface area contributed by atoms with Crippen molar-refractivity contribution >= 4 is 17.2 Å². The average Bonchev–Trinajstić information content (AvgIpc) is 3.11. The number of aliphatic hydroxyl groups is 1. The summed E-state index contributed by atoms with van der Waals surface area (Å²) in [4.78, 5) is 19.5. The van der Waals surface area contributed by atoms with E-state index >= 15 is 0 Å². The molecule has 0 saturated carbocycles. The minimum Gasteiger partial charge on any atom is -0.497 e. The van der Waals surface area contributed by atoms with E-state index < -0.39 is 0 Å². The Balaban J connectivity index is 1.74. The molecule has 5 nitrogen and oxygen atoms in total. The molecular formula is C17H20N2O3S. The Hall–Kier alpha value is -1.92. The van der Waals surface area contributed by atoms with Crippen molar-refractivity contribution in [1.82, 2.24) is 9.88 Å². The Morgan fingerprint density at radius 3 is 2.91 bits per heavy atom. The second-order valence-corrected chi connectivity index (χ2v) is 6.73. The number of likely N-dealkylation sites (tertiary alicyclic amines) is 1. The zero-order valence-corrected chi connectivity index (χ0v) is 13.9. The van der Waals surface area contributed by atoms with E-state index in [1.807, 2.05) is 29.2 Å². The van der Waals surface area contributed by atoms with Gasteiger partial charge >= 0.3 is 0 Å². The molecule has 0 spiro atoms. The van der Waals surface area contributed by atoms with Crippen LogP contribution in [0.2, 0.25) is 0 Å². The number of hydrogen-bond acceptors (Lipinski definition) is 5. The van der Waals surface area contributed by atoms with Crippen molar-refractivity contribution in [3.05, 3.63) is 35.3 Å². The van der Waals surface area contributed by atoms with Crippen LogP contribution >= 0.6 is 11.3 Å². The van der Waals surface area contributed by atoms with Gasteiger partial charge in [0.2, 0.25) is 0 Å². The van der Waals surface area contributed by atoms with E-state index in [1.54, 1.807) is 13.3 Å². The van der Waals surface area contributed by atoms with Gasteiger partial charge in [-0.15, -0.1) is 11.3 Å². The second kappa shape index (κ2) is 7.10. The number of aliphatic hydroxyl groups excluding tert-OH is 1. The van der Waals surface area contributed by atoms with Gasteiger partial charge < -0.3 is 14.7 Å². The summed E-state index contributed by atoms with van der Waals surface area (Å²) in [5.74, 6) is 1.01. The van der Waals surface area contributed by atoms with Crippen molar-refractivity contribution in [2.45, 2.75) is 12.8 Å².